The quantitative estimate of drug-likeness (QED) is 0.845. The van der Waals surface area contributed by atoms with Gasteiger partial charge in [-0.05, 0) is 18.9 Å². The molecule has 2 aliphatic heterocycles. The molecule has 7 nitrogen and oxygen atoms in total. The fourth-order valence-electron chi connectivity index (χ4n) is 5.33. The molecule has 3 aliphatic carbocycles. The molecule has 2 aromatic heterocycles. The van der Waals surface area contributed by atoms with Crippen LogP contribution in [0, 0.1) is 11.8 Å². The molecule has 1 amide bonds. The number of anilines is 1. The Morgan fingerprint density at radius 1 is 1.38 bits per heavy atom. The minimum Gasteiger partial charge on any atom is -0.402 e. The molecule has 2 bridgehead atoms. The van der Waals surface area contributed by atoms with E-state index in [1.54, 1.807) is 6.92 Å². The van der Waals surface area contributed by atoms with Crippen molar-refractivity contribution in [3.63, 3.8) is 0 Å². The summed E-state index contributed by atoms with van der Waals surface area (Å²) in [6, 6.07) is 1.45. The molecule has 10 heteroatoms. The van der Waals surface area contributed by atoms with Crippen LogP contribution in [0.5, 0.6) is 5.75 Å². The van der Waals surface area contributed by atoms with Crippen LogP contribution >= 0.6 is 0 Å². The number of imidazole rings is 1. The molecular weight excluding hydrogens is 387 g/mol. The zero-order valence-electron chi connectivity index (χ0n) is 15.5. The van der Waals surface area contributed by atoms with E-state index in [2.05, 4.69) is 14.3 Å². The minimum atomic E-state index is -4.85. The average molecular weight is 405 g/mol. The Labute approximate surface area is 163 Å². The first-order valence-corrected chi connectivity index (χ1v) is 9.60. The highest BCUT2D eigenvalue weighted by molar-refractivity contribution is 5.77. The molecule has 5 fully saturated rings. The number of carbonyl (C=O) groups excluding carboxylic acids is 1. The fraction of sp³-hybridized carbons (Fsp3) is 0.526. The molecule has 3 saturated carbocycles. The SMILES string of the molecule is CC(=O)N1C[C@@H]2[C@@H]3C1[C@@]23n1cc(-c2cnc(N)c(OC(F)(F)F)c2)nc1C1CC1. The largest absolute Gasteiger partial charge is 0.573 e. The van der Waals surface area contributed by atoms with E-state index < -0.39 is 12.1 Å². The van der Waals surface area contributed by atoms with E-state index in [4.69, 9.17) is 10.7 Å². The monoisotopic (exact) mass is 405 g/mol. The highest BCUT2D eigenvalue weighted by Gasteiger charge is 2.94. The molecular formula is C19H18F3N5O2. The van der Waals surface area contributed by atoms with E-state index in [0.717, 1.165) is 25.2 Å². The molecule has 0 radical (unpaired) electrons. The van der Waals surface area contributed by atoms with Gasteiger partial charge in [-0.2, -0.15) is 0 Å². The molecule has 2 N–H and O–H groups in total. The zero-order chi connectivity index (χ0) is 20.3. The molecule has 7 rings (SSSR count). The number of alkyl halides is 3. The number of fused-ring (bicyclic) bond motifs is 1. The van der Waals surface area contributed by atoms with Gasteiger partial charge in [-0.15, -0.1) is 13.2 Å². The van der Waals surface area contributed by atoms with E-state index in [0.29, 0.717) is 29.0 Å². The minimum absolute atomic E-state index is 0.0681. The maximum absolute atomic E-state index is 12.6. The van der Waals surface area contributed by atoms with Crippen molar-refractivity contribution in [2.45, 2.75) is 43.6 Å². The second-order valence-corrected chi connectivity index (χ2v) is 8.42. The smallest absolute Gasteiger partial charge is 0.402 e. The highest BCUT2D eigenvalue weighted by atomic mass is 19.4. The first-order valence-electron chi connectivity index (χ1n) is 9.60. The van der Waals surface area contributed by atoms with E-state index in [1.807, 2.05) is 11.1 Å². The number of hydrogen-bond acceptors (Lipinski definition) is 5. The normalized spacial score (nSPS) is 31.6. The zero-order valence-corrected chi connectivity index (χ0v) is 15.5. The lowest BCUT2D eigenvalue weighted by molar-refractivity contribution is -0.274. The summed E-state index contributed by atoms with van der Waals surface area (Å²) in [7, 11) is 0. The molecule has 1 unspecified atom stereocenters. The second kappa shape index (κ2) is 5.03. The Hall–Kier alpha value is -2.78. The molecule has 5 aliphatic rings. The Kier molecular flexibility index (Phi) is 2.97. The third-order valence-electron chi connectivity index (χ3n) is 6.79. The third kappa shape index (κ3) is 2.22. The van der Waals surface area contributed by atoms with Crippen molar-refractivity contribution in [3.8, 4) is 17.0 Å². The maximum atomic E-state index is 12.6. The van der Waals surface area contributed by atoms with E-state index in [9.17, 15) is 18.0 Å². The lowest BCUT2D eigenvalue weighted by Gasteiger charge is -2.16. The average Bonchev–Trinajstić information content (AvgIpc) is 3.58. The van der Waals surface area contributed by atoms with Gasteiger partial charge in [0, 0.05) is 49.2 Å². The first-order chi connectivity index (χ1) is 13.7. The topological polar surface area (TPSA) is 86.3 Å². The number of hydrogen-bond donors (Lipinski definition) is 1. The first kappa shape index (κ1) is 17.1. The Morgan fingerprint density at radius 2 is 2.14 bits per heavy atom. The van der Waals surface area contributed by atoms with Crippen molar-refractivity contribution in [2.24, 2.45) is 11.8 Å². The Balaban J connectivity index is 1.38. The highest BCUT2D eigenvalue weighted by Crippen LogP contribution is 2.83. The Morgan fingerprint density at radius 3 is 2.72 bits per heavy atom. The molecule has 2 aromatic rings. The summed E-state index contributed by atoms with van der Waals surface area (Å²) in [6.07, 6.45) is 0.551. The number of piperidine rings is 1. The van der Waals surface area contributed by atoms with E-state index in [-0.39, 0.29) is 23.3 Å². The van der Waals surface area contributed by atoms with Gasteiger partial charge >= 0.3 is 6.36 Å². The number of halogens is 3. The van der Waals surface area contributed by atoms with Crippen LogP contribution in [0.25, 0.3) is 11.3 Å². The van der Waals surface area contributed by atoms with E-state index >= 15 is 0 Å². The lowest BCUT2D eigenvalue weighted by atomic mass is 10.2. The van der Waals surface area contributed by atoms with Crippen molar-refractivity contribution in [3.05, 3.63) is 24.3 Å². The number of aromatic nitrogens is 3. The molecule has 29 heavy (non-hydrogen) atoms. The molecule has 4 heterocycles. The van der Waals surface area contributed by atoms with Gasteiger partial charge in [-0.1, -0.05) is 0 Å². The second-order valence-electron chi connectivity index (χ2n) is 8.42. The van der Waals surface area contributed by atoms with Crippen LogP contribution < -0.4 is 10.5 Å². The molecule has 0 aromatic carbocycles. The van der Waals surface area contributed by atoms with Crippen molar-refractivity contribution in [1.29, 1.82) is 0 Å². The molecule has 4 atom stereocenters. The summed E-state index contributed by atoms with van der Waals surface area (Å²) in [5, 5.41) is 0. The van der Waals surface area contributed by atoms with Crippen LogP contribution in [0.4, 0.5) is 19.0 Å². The number of nitrogen functional groups attached to an aromatic ring is 1. The van der Waals surface area contributed by atoms with Crippen molar-refractivity contribution in [1.82, 2.24) is 19.4 Å². The van der Waals surface area contributed by atoms with Crippen LogP contribution in [-0.4, -0.2) is 44.3 Å². The number of nitrogens with zero attached hydrogens (tertiary/aromatic N) is 4. The summed E-state index contributed by atoms with van der Waals surface area (Å²) in [4.78, 5) is 22.4. The summed E-state index contributed by atoms with van der Waals surface area (Å²) in [5.41, 5.74) is 6.44. The predicted octanol–water partition coefficient (Wildman–Crippen LogP) is 2.49. The van der Waals surface area contributed by atoms with E-state index in [1.165, 1.54) is 12.3 Å². The van der Waals surface area contributed by atoms with Gasteiger partial charge in [0.05, 0.1) is 17.3 Å². The third-order valence-corrected chi connectivity index (χ3v) is 6.79. The Bertz CT molecular complexity index is 1060. The summed E-state index contributed by atoms with van der Waals surface area (Å²) < 4.78 is 44.1. The lowest BCUT2D eigenvalue weighted by Crippen LogP contribution is -2.29. The van der Waals surface area contributed by atoms with Gasteiger partial charge in [0.15, 0.2) is 11.6 Å². The van der Waals surface area contributed by atoms with Gasteiger partial charge in [0.1, 0.15) is 5.82 Å². The van der Waals surface area contributed by atoms with Crippen molar-refractivity contribution in [2.75, 3.05) is 12.3 Å². The summed E-state index contributed by atoms with van der Waals surface area (Å²) >= 11 is 0. The van der Waals surface area contributed by atoms with Gasteiger partial charge in [0.25, 0.3) is 0 Å². The van der Waals surface area contributed by atoms with Crippen LogP contribution in [0.15, 0.2) is 18.5 Å². The molecule has 2 saturated heterocycles. The predicted molar refractivity (Wildman–Crippen MR) is 94.7 cm³/mol. The van der Waals surface area contributed by atoms with Gasteiger partial charge in [-0.25, -0.2) is 9.97 Å². The van der Waals surface area contributed by atoms with Crippen LogP contribution in [0.1, 0.15) is 31.5 Å². The molecule has 0 spiro atoms. The number of pyridine rings is 1. The maximum Gasteiger partial charge on any atom is 0.573 e. The van der Waals surface area contributed by atoms with Gasteiger partial charge in [-0.3, -0.25) is 4.79 Å². The van der Waals surface area contributed by atoms with Gasteiger partial charge < -0.3 is 19.9 Å². The van der Waals surface area contributed by atoms with Crippen molar-refractivity contribution < 1.29 is 22.7 Å². The number of rotatable bonds is 4. The van der Waals surface area contributed by atoms with Crippen LogP contribution in [0.3, 0.4) is 0 Å². The standard InChI is InChI=1S/C19H18F3N5O2/c1-8(28)26-6-11-14-15(26)18(11,14)27-7-12(25-17(27)9-2-3-9)10-4-13(16(23)24-5-10)29-19(20,21)22/h4-5,7,9,11,14-15H,2-3,6H2,1H3,(H2,23,24)/t11-,14-,15?,18-/m1/s1. The van der Waals surface area contributed by atoms with Crippen molar-refractivity contribution >= 4 is 11.7 Å². The fourth-order valence-corrected chi connectivity index (χ4v) is 5.33. The summed E-state index contributed by atoms with van der Waals surface area (Å²) in [6.45, 7) is 2.37. The number of amides is 1. The van der Waals surface area contributed by atoms with Crippen LogP contribution in [-0.2, 0) is 10.3 Å². The van der Waals surface area contributed by atoms with Crippen LogP contribution in [0.2, 0.25) is 0 Å². The molecule has 152 valence electrons. The summed E-state index contributed by atoms with van der Waals surface area (Å²) in [5.74, 6) is 1.46. The number of ether oxygens (including phenoxy) is 1. The number of carbonyl (C=O) groups is 1. The number of nitrogens with two attached hydrogens (primary N) is 1. The van der Waals surface area contributed by atoms with Gasteiger partial charge in [0.2, 0.25) is 5.91 Å².